The molecule has 1 aromatic carbocycles. The number of piperidine rings is 1. The number of benzene rings is 1. The SMILES string of the molecule is CCS(=O)(=O)N(C1CC1)C1CCOC2(CCN(C(=O)c3cccc(OC)c3)CC2)C1. The summed E-state index contributed by atoms with van der Waals surface area (Å²) in [5.74, 6) is 0.825. The molecule has 1 spiro atoms. The molecule has 3 aliphatic rings. The second kappa shape index (κ2) is 8.48. The van der Waals surface area contributed by atoms with Gasteiger partial charge in [-0.1, -0.05) is 6.07 Å². The minimum atomic E-state index is -3.22. The Morgan fingerprint density at radius 1 is 1.23 bits per heavy atom. The van der Waals surface area contributed by atoms with E-state index in [9.17, 15) is 13.2 Å². The zero-order valence-electron chi connectivity index (χ0n) is 17.9. The molecule has 3 fully saturated rings. The molecule has 1 unspecified atom stereocenters. The normalized spacial score (nSPS) is 24.2. The summed E-state index contributed by atoms with van der Waals surface area (Å²) >= 11 is 0. The molecule has 8 heteroatoms. The predicted octanol–water partition coefficient (Wildman–Crippen LogP) is 2.66. The molecule has 166 valence electrons. The third-order valence-electron chi connectivity index (χ3n) is 6.70. The van der Waals surface area contributed by atoms with Crippen LogP contribution in [0.4, 0.5) is 0 Å². The van der Waals surface area contributed by atoms with E-state index in [0.29, 0.717) is 31.0 Å². The smallest absolute Gasteiger partial charge is 0.253 e. The summed E-state index contributed by atoms with van der Waals surface area (Å²) in [5, 5.41) is 0. The van der Waals surface area contributed by atoms with Gasteiger partial charge in [0.05, 0.1) is 18.5 Å². The third-order valence-corrected chi connectivity index (χ3v) is 8.67. The van der Waals surface area contributed by atoms with Crippen LogP contribution in [-0.4, -0.2) is 73.8 Å². The number of amides is 1. The van der Waals surface area contributed by atoms with Crippen molar-refractivity contribution in [2.24, 2.45) is 0 Å². The van der Waals surface area contributed by atoms with Crippen LogP contribution in [0.5, 0.6) is 5.75 Å². The molecule has 30 heavy (non-hydrogen) atoms. The van der Waals surface area contributed by atoms with Gasteiger partial charge in [0.2, 0.25) is 10.0 Å². The van der Waals surface area contributed by atoms with Crippen molar-refractivity contribution in [2.75, 3.05) is 32.6 Å². The number of sulfonamides is 1. The van der Waals surface area contributed by atoms with Crippen LogP contribution >= 0.6 is 0 Å². The Hall–Kier alpha value is -1.64. The zero-order valence-corrected chi connectivity index (χ0v) is 18.7. The highest BCUT2D eigenvalue weighted by molar-refractivity contribution is 7.89. The number of methoxy groups -OCH3 is 1. The van der Waals surface area contributed by atoms with Crippen molar-refractivity contribution in [1.29, 1.82) is 0 Å². The van der Waals surface area contributed by atoms with Crippen LogP contribution in [-0.2, 0) is 14.8 Å². The first-order chi connectivity index (χ1) is 14.4. The maximum atomic E-state index is 12.9. The maximum Gasteiger partial charge on any atom is 0.253 e. The van der Waals surface area contributed by atoms with E-state index >= 15 is 0 Å². The fraction of sp³-hybridized carbons (Fsp3) is 0.682. The van der Waals surface area contributed by atoms with E-state index in [2.05, 4.69) is 0 Å². The van der Waals surface area contributed by atoms with Crippen molar-refractivity contribution in [3.05, 3.63) is 29.8 Å². The van der Waals surface area contributed by atoms with Gasteiger partial charge in [-0.3, -0.25) is 4.79 Å². The molecule has 2 heterocycles. The molecule has 2 aliphatic heterocycles. The van der Waals surface area contributed by atoms with E-state index in [-0.39, 0.29) is 29.3 Å². The number of ether oxygens (including phenoxy) is 2. The van der Waals surface area contributed by atoms with Crippen LogP contribution in [0.3, 0.4) is 0 Å². The topological polar surface area (TPSA) is 76.2 Å². The first-order valence-corrected chi connectivity index (χ1v) is 12.6. The minimum Gasteiger partial charge on any atom is -0.497 e. The van der Waals surface area contributed by atoms with Crippen molar-refractivity contribution in [3.63, 3.8) is 0 Å². The number of hydrogen-bond donors (Lipinski definition) is 0. The van der Waals surface area contributed by atoms with E-state index in [1.54, 1.807) is 24.4 Å². The van der Waals surface area contributed by atoms with Gasteiger partial charge in [0.25, 0.3) is 5.91 Å². The van der Waals surface area contributed by atoms with E-state index in [0.717, 1.165) is 38.5 Å². The van der Waals surface area contributed by atoms with Gasteiger partial charge in [0.1, 0.15) is 5.75 Å². The maximum absolute atomic E-state index is 12.9. The lowest BCUT2D eigenvalue weighted by atomic mass is 9.82. The van der Waals surface area contributed by atoms with Gasteiger partial charge >= 0.3 is 0 Å². The Kier molecular flexibility index (Phi) is 6.10. The fourth-order valence-corrected chi connectivity index (χ4v) is 6.45. The highest BCUT2D eigenvalue weighted by atomic mass is 32.2. The standard InChI is InChI=1S/C22H32N2O5S/c1-3-30(26,27)24(18-7-8-18)19-9-14-29-22(16-19)10-12-23(13-11-22)21(25)17-5-4-6-20(15-17)28-2/h4-6,15,18-19H,3,7-14,16H2,1-2H3. The molecule has 0 N–H and O–H groups in total. The largest absolute Gasteiger partial charge is 0.497 e. The molecule has 1 aliphatic carbocycles. The predicted molar refractivity (Wildman–Crippen MR) is 114 cm³/mol. The van der Waals surface area contributed by atoms with Gasteiger partial charge in [0.15, 0.2) is 0 Å². The Morgan fingerprint density at radius 3 is 2.60 bits per heavy atom. The highest BCUT2D eigenvalue weighted by Crippen LogP contribution is 2.41. The summed E-state index contributed by atoms with van der Waals surface area (Å²) < 4.78 is 38.7. The monoisotopic (exact) mass is 436 g/mol. The van der Waals surface area contributed by atoms with Gasteiger partial charge in [0, 0.05) is 37.3 Å². The lowest BCUT2D eigenvalue weighted by Crippen LogP contribution is -2.56. The van der Waals surface area contributed by atoms with Crippen molar-refractivity contribution in [1.82, 2.24) is 9.21 Å². The average Bonchev–Trinajstić information content (AvgIpc) is 3.59. The van der Waals surface area contributed by atoms with Gasteiger partial charge < -0.3 is 14.4 Å². The van der Waals surface area contributed by atoms with Gasteiger partial charge in [-0.2, -0.15) is 4.31 Å². The van der Waals surface area contributed by atoms with E-state index in [4.69, 9.17) is 9.47 Å². The number of carbonyl (C=O) groups excluding carboxylic acids is 1. The minimum absolute atomic E-state index is 0.00396. The number of rotatable bonds is 6. The lowest BCUT2D eigenvalue weighted by Gasteiger charge is -2.48. The summed E-state index contributed by atoms with van der Waals surface area (Å²) in [7, 11) is -1.63. The molecule has 1 saturated carbocycles. The quantitative estimate of drug-likeness (QED) is 0.685. The van der Waals surface area contributed by atoms with E-state index in [1.165, 1.54) is 0 Å². The third kappa shape index (κ3) is 4.36. The molecule has 1 aromatic rings. The molecule has 4 rings (SSSR count). The first kappa shape index (κ1) is 21.6. The second-order valence-corrected chi connectivity index (χ2v) is 10.8. The van der Waals surface area contributed by atoms with Crippen molar-refractivity contribution in [2.45, 2.75) is 63.1 Å². The number of carbonyl (C=O) groups is 1. The summed E-state index contributed by atoms with van der Waals surface area (Å²) in [6.07, 6.45) is 4.89. The molecule has 0 bridgehead atoms. The Morgan fingerprint density at radius 2 is 1.97 bits per heavy atom. The van der Waals surface area contributed by atoms with Crippen LogP contribution in [0.1, 0.15) is 55.8 Å². The molecular formula is C22H32N2O5S. The Bertz CT molecular complexity index is 875. The summed E-state index contributed by atoms with van der Waals surface area (Å²) in [6.45, 7) is 3.54. The highest BCUT2D eigenvalue weighted by Gasteiger charge is 2.48. The number of nitrogens with zero attached hydrogens (tertiary/aromatic N) is 2. The van der Waals surface area contributed by atoms with Crippen LogP contribution in [0.2, 0.25) is 0 Å². The summed E-state index contributed by atoms with van der Waals surface area (Å²) in [6, 6.07) is 7.41. The molecule has 2 saturated heterocycles. The molecule has 0 radical (unpaired) electrons. The first-order valence-electron chi connectivity index (χ1n) is 11.0. The van der Waals surface area contributed by atoms with Crippen LogP contribution < -0.4 is 4.74 Å². The fourth-order valence-electron chi connectivity index (χ4n) is 4.85. The number of likely N-dealkylation sites (tertiary alicyclic amines) is 1. The summed E-state index contributed by atoms with van der Waals surface area (Å²) in [4.78, 5) is 14.8. The van der Waals surface area contributed by atoms with Crippen molar-refractivity contribution < 1.29 is 22.7 Å². The van der Waals surface area contributed by atoms with E-state index < -0.39 is 10.0 Å². The average molecular weight is 437 g/mol. The van der Waals surface area contributed by atoms with Crippen LogP contribution in [0.15, 0.2) is 24.3 Å². The van der Waals surface area contributed by atoms with Gasteiger partial charge in [-0.25, -0.2) is 8.42 Å². The van der Waals surface area contributed by atoms with E-state index in [1.807, 2.05) is 23.1 Å². The van der Waals surface area contributed by atoms with Gasteiger partial charge in [-0.05, 0) is 63.6 Å². The van der Waals surface area contributed by atoms with Gasteiger partial charge in [-0.15, -0.1) is 0 Å². The molecule has 1 atom stereocenters. The lowest BCUT2D eigenvalue weighted by molar-refractivity contribution is -0.123. The molecule has 1 amide bonds. The van der Waals surface area contributed by atoms with Crippen LogP contribution in [0.25, 0.3) is 0 Å². The second-order valence-electron chi connectivity index (χ2n) is 8.66. The summed E-state index contributed by atoms with van der Waals surface area (Å²) in [5.41, 5.74) is 0.298. The molecular weight excluding hydrogens is 404 g/mol. The van der Waals surface area contributed by atoms with Crippen molar-refractivity contribution in [3.8, 4) is 5.75 Å². The van der Waals surface area contributed by atoms with Crippen LogP contribution in [0, 0.1) is 0 Å². The number of hydrogen-bond acceptors (Lipinski definition) is 5. The van der Waals surface area contributed by atoms with Crippen molar-refractivity contribution >= 4 is 15.9 Å². The Balaban J connectivity index is 1.42. The Labute approximate surface area is 179 Å². The molecule has 7 nitrogen and oxygen atoms in total. The molecule has 0 aromatic heterocycles. The zero-order chi connectivity index (χ0) is 21.4.